The van der Waals surface area contributed by atoms with E-state index in [-0.39, 0.29) is 49.8 Å². The van der Waals surface area contributed by atoms with Crippen molar-refractivity contribution in [3.63, 3.8) is 0 Å². The van der Waals surface area contributed by atoms with Gasteiger partial charge in [-0.15, -0.1) is 11.6 Å². The molecule has 5 heteroatoms. The molecule has 6 aliphatic rings. The maximum Gasteiger partial charge on any atom is 0.313 e. The van der Waals surface area contributed by atoms with Crippen molar-refractivity contribution in [1.82, 2.24) is 0 Å². The Morgan fingerprint density at radius 2 is 1.51 bits per heavy atom. The van der Waals surface area contributed by atoms with Crippen LogP contribution in [0.25, 0.3) is 0 Å². The molecule has 1 saturated heterocycles. The van der Waals surface area contributed by atoms with Crippen LogP contribution in [0.3, 0.4) is 0 Å². The van der Waals surface area contributed by atoms with Crippen molar-refractivity contribution in [1.29, 1.82) is 0 Å². The van der Waals surface area contributed by atoms with Crippen LogP contribution in [0.4, 0.5) is 0 Å². The van der Waals surface area contributed by atoms with Crippen molar-refractivity contribution in [2.45, 2.75) is 129 Å². The number of hydrogen-bond acceptors (Lipinski definition) is 4. The third kappa shape index (κ3) is 2.57. The average molecular weight is 507 g/mol. The van der Waals surface area contributed by atoms with E-state index in [0.29, 0.717) is 18.3 Å². The van der Waals surface area contributed by atoms with Gasteiger partial charge in [0.2, 0.25) is 0 Å². The van der Waals surface area contributed by atoms with E-state index in [4.69, 9.17) is 16.3 Å². The highest BCUT2D eigenvalue weighted by molar-refractivity contribution is 6.22. The Morgan fingerprint density at radius 1 is 0.857 bits per heavy atom. The summed E-state index contributed by atoms with van der Waals surface area (Å²) in [5.74, 6) is 0.866. The Hall–Kier alpha value is -0.320. The fourth-order valence-electron chi connectivity index (χ4n) is 11.9. The molecule has 2 bridgehead atoms. The number of carbonyl (C=O) groups is 1. The quantitative estimate of drug-likeness (QED) is 0.308. The first kappa shape index (κ1) is 25.0. The number of halogens is 1. The summed E-state index contributed by atoms with van der Waals surface area (Å²) >= 11 is 7.56. The first-order valence-corrected chi connectivity index (χ1v) is 14.7. The first-order valence-electron chi connectivity index (χ1n) is 14.3. The molecule has 11 atom stereocenters. The van der Waals surface area contributed by atoms with E-state index < -0.39 is 17.8 Å². The van der Waals surface area contributed by atoms with Crippen molar-refractivity contribution in [3.8, 4) is 0 Å². The molecule has 5 aliphatic carbocycles. The molecule has 198 valence electrons. The summed E-state index contributed by atoms with van der Waals surface area (Å²) in [6, 6.07) is 0. The second kappa shape index (κ2) is 6.81. The van der Waals surface area contributed by atoms with E-state index in [2.05, 4.69) is 48.5 Å². The third-order valence-electron chi connectivity index (χ3n) is 13.9. The van der Waals surface area contributed by atoms with E-state index in [1.54, 1.807) is 0 Å². The van der Waals surface area contributed by atoms with Gasteiger partial charge in [0.05, 0.1) is 23.0 Å². The molecule has 6 fully saturated rings. The van der Waals surface area contributed by atoms with Crippen LogP contribution in [0.5, 0.6) is 0 Å². The summed E-state index contributed by atoms with van der Waals surface area (Å²) in [5.41, 5.74) is -1.48. The number of esters is 1. The van der Waals surface area contributed by atoms with Gasteiger partial charge in [0.15, 0.2) is 0 Å². The van der Waals surface area contributed by atoms with Crippen LogP contribution >= 0.6 is 11.6 Å². The molecule has 35 heavy (non-hydrogen) atoms. The van der Waals surface area contributed by atoms with Crippen LogP contribution in [-0.4, -0.2) is 39.4 Å². The van der Waals surface area contributed by atoms with Crippen molar-refractivity contribution in [3.05, 3.63) is 0 Å². The second-order valence-electron chi connectivity index (χ2n) is 15.9. The van der Waals surface area contributed by atoms with Crippen molar-refractivity contribution < 1.29 is 19.7 Å². The topological polar surface area (TPSA) is 66.8 Å². The van der Waals surface area contributed by atoms with Gasteiger partial charge >= 0.3 is 5.97 Å². The van der Waals surface area contributed by atoms with Crippen LogP contribution in [0.15, 0.2) is 0 Å². The Bertz CT molecular complexity index is 962. The predicted octanol–water partition coefficient (Wildman–Crippen LogP) is 6.10. The molecule has 0 radical (unpaired) electrons. The predicted molar refractivity (Wildman–Crippen MR) is 137 cm³/mol. The minimum absolute atomic E-state index is 0.0340. The fraction of sp³-hybridized carbons (Fsp3) is 0.967. The smallest absolute Gasteiger partial charge is 0.313 e. The van der Waals surface area contributed by atoms with E-state index in [1.165, 1.54) is 0 Å². The maximum absolute atomic E-state index is 13.7. The average Bonchev–Trinajstić information content (AvgIpc) is 2.94. The number of aliphatic hydroxyl groups is 2. The zero-order valence-electron chi connectivity index (χ0n) is 22.9. The summed E-state index contributed by atoms with van der Waals surface area (Å²) in [6.07, 6.45) is 7.06. The summed E-state index contributed by atoms with van der Waals surface area (Å²) in [4.78, 5) is 13.7. The Balaban J connectivity index is 1.49. The molecule has 0 amide bonds. The van der Waals surface area contributed by atoms with Gasteiger partial charge < -0.3 is 14.9 Å². The first-order chi connectivity index (χ1) is 16.0. The number of alkyl halides is 1. The van der Waals surface area contributed by atoms with E-state index in [1.807, 2.05) is 0 Å². The highest BCUT2D eigenvalue weighted by Crippen LogP contribution is 2.81. The van der Waals surface area contributed by atoms with Crippen LogP contribution in [0.1, 0.15) is 106 Å². The molecular formula is C30H47ClO4. The number of carbonyl (C=O) groups excluding carboxylic acids is 1. The molecule has 5 saturated carbocycles. The van der Waals surface area contributed by atoms with E-state index in [0.717, 1.165) is 51.4 Å². The van der Waals surface area contributed by atoms with Gasteiger partial charge in [-0.05, 0) is 91.3 Å². The Kier molecular flexibility index (Phi) is 4.86. The monoisotopic (exact) mass is 506 g/mol. The summed E-state index contributed by atoms with van der Waals surface area (Å²) in [7, 11) is 0. The number of rotatable bonds is 0. The standard InChI is InChI=1S/C30H47ClO4/c1-24(2)10-12-29-13-11-28(7)27(6)9-8-18-25(3,4)22(33)17(32)15-26(18,5)19(27)14-21(31)30(28,20(29)16-24)35-23(29)34/h17-22,32-33H,8-16H2,1-7H3/t17-,18+,19-,20-,21+,22+,26+,27-,28+,29+,30-/m1/s1. The summed E-state index contributed by atoms with van der Waals surface area (Å²) < 4.78 is 6.73. The molecule has 0 unspecified atom stereocenters. The van der Waals surface area contributed by atoms with Crippen molar-refractivity contribution in [2.75, 3.05) is 0 Å². The maximum atomic E-state index is 13.7. The van der Waals surface area contributed by atoms with Gasteiger partial charge in [-0.1, -0.05) is 48.5 Å². The van der Waals surface area contributed by atoms with Gasteiger partial charge in [-0.3, -0.25) is 4.79 Å². The minimum atomic E-state index is -0.714. The minimum Gasteiger partial charge on any atom is -0.456 e. The van der Waals surface area contributed by atoms with Crippen molar-refractivity contribution >= 4 is 17.6 Å². The fourth-order valence-corrected chi connectivity index (χ4v) is 12.5. The van der Waals surface area contributed by atoms with E-state index in [9.17, 15) is 15.0 Å². The molecular weight excluding hydrogens is 460 g/mol. The van der Waals surface area contributed by atoms with Gasteiger partial charge in [0.1, 0.15) is 5.60 Å². The highest BCUT2D eigenvalue weighted by Gasteiger charge is 2.83. The van der Waals surface area contributed by atoms with Crippen LogP contribution in [0, 0.1) is 50.2 Å². The second-order valence-corrected chi connectivity index (χ2v) is 16.4. The highest BCUT2D eigenvalue weighted by atomic mass is 35.5. The lowest BCUT2D eigenvalue weighted by molar-refractivity contribution is -0.292. The van der Waals surface area contributed by atoms with Gasteiger partial charge in [0, 0.05) is 11.3 Å². The van der Waals surface area contributed by atoms with Crippen LogP contribution in [-0.2, 0) is 9.53 Å². The lowest BCUT2D eigenvalue weighted by Crippen LogP contribution is -2.75. The van der Waals surface area contributed by atoms with Gasteiger partial charge in [-0.2, -0.15) is 0 Å². The molecule has 6 rings (SSSR count). The number of fused-ring (bicyclic) bond motifs is 4. The molecule has 1 spiro atoms. The third-order valence-corrected chi connectivity index (χ3v) is 14.4. The van der Waals surface area contributed by atoms with Crippen LogP contribution in [0.2, 0.25) is 0 Å². The summed E-state index contributed by atoms with van der Waals surface area (Å²) in [5, 5.41) is 21.8. The molecule has 2 N–H and O–H groups in total. The molecule has 0 aromatic heterocycles. The zero-order chi connectivity index (χ0) is 25.6. The SMILES string of the molecule is CC1(C)CC[C@@]23CC[C@]4(C)[C@@](OC2=O)([C@@H]3C1)[C@@H](Cl)C[C@@H]1[C@@]2(C)C[C@@H](O)[C@H](O)C(C)(C)[C@@H]2CC[C@]14C. The number of ether oxygens (including phenoxy) is 1. The van der Waals surface area contributed by atoms with Gasteiger partial charge in [-0.25, -0.2) is 0 Å². The van der Waals surface area contributed by atoms with Crippen LogP contribution < -0.4 is 0 Å². The lowest BCUT2D eigenvalue weighted by Gasteiger charge is -2.75. The number of hydrogen-bond donors (Lipinski definition) is 2. The molecule has 1 heterocycles. The van der Waals surface area contributed by atoms with Gasteiger partial charge in [0.25, 0.3) is 0 Å². The molecule has 0 aromatic rings. The molecule has 0 aromatic carbocycles. The largest absolute Gasteiger partial charge is 0.456 e. The molecule has 1 aliphatic heterocycles. The normalized spacial score (nSPS) is 60.0. The Labute approximate surface area is 216 Å². The van der Waals surface area contributed by atoms with Crippen molar-refractivity contribution in [2.24, 2.45) is 50.2 Å². The lowest BCUT2D eigenvalue weighted by atomic mass is 9.30. The number of aliphatic hydroxyl groups excluding tert-OH is 2. The molecule has 4 nitrogen and oxygen atoms in total. The Morgan fingerprint density at radius 3 is 2.20 bits per heavy atom. The van der Waals surface area contributed by atoms with E-state index >= 15 is 0 Å². The summed E-state index contributed by atoms with van der Waals surface area (Å²) in [6.45, 7) is 16.3. The zero-order valence-corrected chi connectivity index (χ0v) is 23.7.